The summed E-state index contributed by atoms with van der Waals surface area (Å²) in [6, 6.07) is 9.35. The Hall–Kier alpha value is -3.29. The van der Waals surface area contributed by atoms with E-state index in [1.54, 1.807) is 24.3 Å². The number of rotatable bonds is 4. The Morgan fingerprint density at radius 3 is 2.71 bits per heavy atom. The van der Waals surface area contributed by atoms with Gasteiger partial charge < -0.3 is 9.15 Å². The van der Waals surface area contributed by atoms with E-state index in [2.05, 4.69) is 15.5 Å². The lowest BCUT2D eigenvalue weighted by Gasteiger charge is -2.04. The molecule has 0 spiro atoms. The number of halogens is 2. The molecule has 1 heterocycles. The Kier molecular flexibility index (Phi) is 4.19. The minimum atomic E-state index is -0.989. The molecule has 0 bridgehead atoms. The van der Waals surface area contributed by atoms with Crippen LogP contribution in [-0.2, 0) is 0 Å². The average Bonchev–Trinajstić information content (AvgIpc) is 3.03. The number of hydrogen-bond donors (Lipinski definition) is 1. The first-order valence-electron chi connectivity index (χ1n) is 6.82. The topological polar surface area (TPSA) is 77.3 Å². The second-order valence-corrected chi connectivity index (χ2v) is 4.69. The highest BCUT2D eigenvalue weighted by Gasteiger charge is 2.17. The Bertz CT molecular complexity index is 896. The predicted molar refractivity (Wildman–Crippen MR) is 80.6 cm³/mol. The van der Waals surface area contributed by atoms with Crippen LogP contribution in [0, 0.1) is 11.6 Å². The van der Waals surface area contributed by atoms with E-state index in [9.17, 15) is 13.6 Å². The van der Waals surface area contributed by atoms with E-state index >= 15 is 0 Å². The molecule has 0 saturated carbocycles. The molecule has 0 unspecified atom stereocenters. The number of ether oxygens (including phenoxy) is 1. The van der Waals surface area contributed by atoms with Gasteiger partial charge in [0.2, 0.25) is 0 Å². The van der Waals surface area contributed by atoms with Crippen LogP contribution in [0.15, 0.2) is 46.9 Å². The number of carbonyl (C=O) groups is 1. The van der Waals surface area contributed by atoms with Crippen molar-refractivity contribution in [3.8, 4) is 17.2 Å². The average molecular weight is 331 g/mol. The highest BCUT2D eigenvalue weighted by molar-refractivity contribution is 6.03. The van der Waals surface area contributed by atoms with Crippen LogP contribution < -0.4 is 10.1 Å². The van der Waals surface area contributed by atoms with Crippen molar-refractivity contribution in [1.82, 2.24) is 10.2 Å². The summed E-state index contributed by atoms with van der Waals surface area (Å²) in [6.45, 7) is 0. The second-order valence-electron chi connectivity index (χ2n) is 4.69. The lowest BCUT2D eigenvalue weighted by atomic mass is 10.2. The number of carbonyl (C=O) groups excluding carboxylic acids is 1. The fourth-order valence-electron chi connectivity index (χ4n) is 2.04. The highest BCUT2D eigenvalue weighted by atomic mass is 19.1. The summed E-state index contributed by atoms with van der Waals surface area (Å²) >= 11 is 0. The van der Waals surface area contributed by atoms with Gasteiger partial charge in [0.15, 0.2) is 0 Å². The first-order valence-corrected chi connectivity index (χ1v) is 6.82. The largest absolute Gasteiger partial charge is 0.496 e. The zero-order valence-electron chi connectivity index (χ0n) is 12.4. The third-order valence-corrected chi connectivity index (χ3v) is 3.16. The first kappa shape index (κ1) is 15.6. The summed E-state index contributed by atoms with van der Waals surface area (Å²) in [5, 5.41) is 9.76. The maximum absolute atomic E-state index is 13.6. The molecular weight excluding hydrogens is 320 g/mol. The molecule has 3 rings (SSSR count). The van der Waals surface area contributed by atoms with E-state index in [4.69, 9.17) is 9.15 Å². The second kappa shape index (κ2) is 6.45. The quantitative estimate of drug-likeness (QED) is 0.794. The van der Waals surface area contributed by atoms with Crippen LogP contribution in [0.25, 0.3) is 11.5 Å². The van der Waals surface area contributed by atoms with Crippen LogP contribution in [0.5, 0.6) is 5.75 Å². The normalized spacial score (nSPS) is 10.5. The number of para-hydroxylation sites is 1. The molecule has 6 nitrogen and oxygen atoms in total. The van der Waals surface area contributed by atoms with Crippen LogP contribution in [0.3, 0.4) is 0 Å². The molecule has 0 fully saturated rings. The minimum Gasteiger partial charge on any atom is -0.496 e. The van der Waals surface area contributed by atoms with E-state index in [1.807, 2.05) is 0 Å². The summed E-state index contributed by atoms with van der Waals surface area (Å²) in [6.07, 6.45) is 0. The Morgan fingerprint density at radius 2 is 1.96 bits per heavy atom. The molecule has 0 radical (unpaired) electrons. The van der Waals surface area contributed by atoms with Gasteiger partial charge in [-0.25, -0.2) is 8.78 Å². The SMILES string of the molecule is COc1ccccc1-c1nnc(NC(=O)c2ccc(F)cc2F)o1. The van der Waals surface area contributed by atoms with Crippen LogP contribution in [-0.4, -0.2) is 23.2 Å². The summed E-state index contributed by atoms with van der Waals surface area (Å²) in [4.78, 5) is 12.0. The zero-order chi connectivity index (χ0) is 17.1. The zero-order valence-corrected chi connectivity index (χ0v) is 12.4. The van der Waals surface area contributed by atoms with Crippen LogP contribution in [0.1, 0.15) is 10.4 Å². The first-order chi connectivity index (χ1) is 11.6. The standard InChI is InChI=1S/C16H11F2N3O3/c1-23-13-5-3-2-4-11(13)15-20-21-16(24-15)19-14(22)10-7-6-9(17)8-12(10)18/h2-8H,1H3,(H,19,21,22). The number of methoxy groups -OCH3 is 1. The number of anilines is 1. The molecule has 0 atom stereocenters. The summed E-state index contributed by atoms with van der Waals surface area (Å²) in [5.74, 6) is -1.95. The molecule has 0 aliphatic carbocycles. The van der Waals surface area contributed by atoms with Gasteiger partial charge in [0.25, 0.3) is 11.8 Å². The predicted octanol–water partition coefficient (Wildman–Crippen LogP) is 3.28. The van der Waals surface area contributed by atoms with Crippen molar-refractivity contribution in [3.05, 3.63) is 59.7 Å². The van der Waals surface area contributed by atoms with Gasteiger partial charge >= 0.3 is 6.01 Å². The van der Waals surface area contributed by atoms with E-state index < -0.39 is 17.5 Å². The summed E-state index contributed by atoms with van der Waals surface area (Å²) < 4.78 is 37.0. The molecule has 1 amide bonds. The molecule has 122 valence electrons. The molecule has 3 aromatic rings. The fourth-order valence-corrected chi connectivity index (χ4v) is 2.04. The van der Waals surface area contributed by atoms with Gasteiger partial charge in [-0.1, -0.05) is 17.2 Å². The Morgan fingerprint density at radius 1 is 1.17 bits per heavy atom. The smallest absolute Gasteiger partial charge is 0.322 e. The number of hydrogen-bond acceptors (Lipinski definition) is 5. The van der Waals surface area contributed by atoms with Gasteiger partial charge in [-0.15, -0.1) is 5.10 Å². The van der Waals surface area contributed by atoms with Crippen molar-refractivity contribution in [3.63, 3.8) is 0 Å². The van der Waals surface area contributed by atoms with E-state index in [-0.39, 0.29) is 17.5 Å². The molecule has 1 aromatic heterocycles. The van der Waals surface area contributed by atoms with Crippen molar-refractivity contribution in [2.24, 2.45) is 0 Å². The third kappa shape index (κ3) is 3.07. The van der Waals surface area contributed by atoms with E-state index in [0.717, 1.165) is 12.1 Å². The van der Waals surface area contributed by atoms with Crippen LogP contribution in [0.4, 0.5) is 14.8 Å². The summed E-state index contributed by atoms with van der Waals surface area (Å²) in [5.41, 5.74) is 0.203. The lowest BCUT2D eigenvalue weighted by Crippen LogP contribution is -2.14. The van der Waals surface area contributed by atoms with Gasteiger partial charge in [0, 0.05) is 6.07 Å². The lowest BCUT2D eigenvalue weighted by molar-refractivity contribution is 0.102. The number of nitrogens with one attached hydrogen (secondary N) is 1. The number of amides is 1. The maximum atomic E-state index is 13.6. The van der Waals surface area contributed by atoms with Gasteiger partial charge in [0.1, 0.15) is 17.4 Å². The summed E-state index contributed by atoms with van der Waals surface area (Å²) in [7, 11) is 1.50. The van der Waals surface area contributed by atoms with E-state index in [1.165, 1.54) is 7.11 Å². The van der Waals surface area contributed by atoms with Crippen molar-refractivity contribution in [1.29, 1.82) is 0 Å². The molecule has 0 aliphatic rings. The van der Waals surface area contributed by atoms with Crippen molar-refractivity contribution in [2.45, 2.75) is 0 Å². The molecular formula is C16H11F2N3O3. The maximum Gasteiger partial charge on any atom is 0.322 e. The third-order valence-electron chi connectivity index (χ3n) is 3.16. The molecule has 1 N–H and O–H groups in total. The van der Waals surface area contributed by atoms with Gasteiger partial charge in [-0.2, -0.15) is 0 Å². The van der Waals surface area contributed by atoms with Gasteiger partial charge in [0.05, 0.1) is 18.2 Å². The highest BCUT2D eigenvalue weighted by Crippen LogP contribution is 2.29. The fraction of sp³-hybridized carbons (Fsp3) is 0.0625. The monoisotopic (exact) mass is 331 g/mol. The van der Waals surface area contributed by atoms with Crippen LogP contribution in [0.2, 0.25) is 0 Å². The molecule has 0 aliphatic heterocycles. The van der Waals surface area contributed by atoms with Crippen molar-refractivity contribution < 1.29 is 22.7 Å². The van der Waals surface area contributed by atoms with E-state index in [0.29, 0.717) is 17.4 Å². The molecule has 2 aromatic carbocycles. The molecule has 8 heteroatoms. The van der Waals surface area contributed by atoms with Crippen molar-refractivity contribution in [2.75, 3.05) is 12.4 Å². The minimum absolute atomic E-state index is 0.127. The number of nitrogens with zero attached hydrogens (tertiary/aromatic N) is 2. The van der Waals surface area contributed by atoms with Crippen molar-refractivity contribution >= 4 is 11.9 Å². The Balaban J connectivity index is 1.82. The Labute approximate surface area is 135 Å². The van der Waals surface area contributed by atoms with Gasteiger partial charge in [-0.3, -0.25) is 10.1 Å². The number of benzene rings is 2. The van der Waals surface area contributed by atoms with Crippen LogP contribution >= 0.6 is 0 Å². The van der Waals surface area contributed by atoms with Gasteiger partial charge in [-0.05, 0) is 24.3 Å². The molecule has 0 saturated heterocycles. The number of aromatic nitrogens is 2. The molecule has 24 heavy (non-hydrogen) atoms.